The highest BCUT2D eigenvalue weighted by Gasteiger charge is 2.10. The van der Waals surface area contributed by atoms with E-state index in [-0.39, 0.29) is 5.82 Å². The SMILES string of the molecule is O=C(Nc1cccc(F)c1)c1nn[nH]n1. The van der Waals surface area contributed by atoms with Crippen LogP contribution in [0.3, 0.4) is 0 Å². The minimum Gasteiger partial charge on any atom is -0.319 e. The molecule has 2 rings (SSSR count). The number of carbonyl (C=O) groups is 1. The lowest BCUT2D eigenvalue weighted by Gasteiger charge is -2.00. The third-order valence-corrected chi connectivity index (χ3v) is 1.63. The highest BCUT2D eigenvalue weighted by Crippen LogP contribution is 2.09. The van der Waals surface area contributed by atoms with Gasteiger partial charge in [0, 0.05) is 5.69 Å². The molecule has 0 radical (unpaired) electrons. The number of hydrogen-bond donors (Lipinski definition) is 2. The maximum atomic E-state index is 12.8. The first-order chi connectivity index (χ1) is 7.25. The van der Waals surface area contributed by atoms with Crippen LogP contribution >= 0.6 is 0 Å². The average molecular weight is 207 g/mol. The quantitative estimate of drug-likeness (QED) is 0.754. The summed E-state index contributed by atoms with van der Waals surface area (Å²) in [5.74, 6) is -1.07. The summed E-state index contributed by atoms with van der Waals surface area (Å²) in [5, 5.41) is 14.8. The van der Waals surface area contributed by atoms with Crippen molar-refractivity contribution in [2.24, 2.45) is 0 Å². The van der Waals surface area contributed by atoms with E-state index in [1.165, 1.54) is 18.2 Å². The van der Waals surface area contributed by atoms with E-state index in [4.69, 9.17) is 0 Å². The topological polar surface area (TPSA) is 83.6 Å². The Labute approximate surface area is 83.5 Å². The van der Waals surface area contributed by atoms with E-state index in [1.54, 1.807) is 6.07 Å². The molecule has 0 bridgehead atoms. The number of nitrogens with one attached hydrogen (secondary N) is 2. The molecule has 0 saturated heterocycles. The normalized spacial score (nSPS) is 9.93. The molecule has 7 heteroatoms. The van der Waals surface area contributed by atoms with E-state index in [0.717, 1.165) is 0 Å². The molecule has 1 aromatic carbocycles. The molecule has 76 valence electrons. The lowest BCUT2D eigenvalue weighted by molar-refractivity contribution is 0.101. The molecule has 1 amide bonds. The summed E-state index contributed by atoms with van der Waals surface area (Å²) in [5.41, 5.74) is 0.338. The van der Waals surface area contributed by atoms with Crippen LogP contribution in [0.1, 0.15) is 10.6 Å². The van der Waals surface area contributed by atoms with Crippen LogP contribution in [0.5, 0.6) is 0 Å². The number of rotatable bonds is 2. The smallest absolute Gasteiger partial charge is 0.297 e. The molecule has 0 fully saturated rings. The number of H-pyrrole nitrogens is 1. The van der Waals surface area contributed by atoms with Crippen molar-refractivity contribution in [2.45, 2.75) is 0 Å². The average Bonchev–Trinajstić information content (AvgIpc) is 2.70. The zero-order chi connectivity index (χ0) is 10.7. The summed E-state index contributed by atoms with van der Waals surface area (Å²) in [4.78, 5) is 11.4. The molecule has 0 spiro atoms. The molecule has 0 saturated carbocycles. The lowest BCUT2D eigenvalue weighted by atomic mass is 10.3. The Hall–Kier alpha value is -2.31. The van der Waals surface area contributed by atoms with Gasteiger partial charge in [-0.05, 0) is 23.4 Å². The molecule has 15 heavy (non-hydrogen) atoms. The largest absolute Gasteiger partial charge is 0.319 e. The number of carbonyl (C=O) groups excluding carboxylic acids is 1. The highest BCUT2D eigenvalue weighted by atomic mass is 19.1. The second-order valence-corrected chi connectivity index (χ2v) is 2.70. The number of nitrogens with zero attached hydrogens (tertiary/aromatic N) is 3. The van der Waals surface area contributed by atoms with Gasteiger partial charge in [0.15, 0.2) is 0 Å². The highest BCUT2D eigenvalue weighted by molar-refractivity contribution is 6.01. The summed E-state index contributed by atoms with van der Waals surface area (Å²) in [6.45, 7) is 0. The van der Waals surface area contributed by atoms with Gasteiger partial charge < -0.3 is 5.32 Å². The van der Waals surface area contributed by atoms with Crippen LogP contribution < -0.4 is 5.32 Å². The maximum absolute atomic E-state index is 12.8. The molecule has 1 aromatic heterocycles. The van der Waals surface area contributed by atoms with Crippen molar-refractivity contribution in [3.8, 4) is 0 Å². The van der Waals surface area contributed by atoms with Crippen LogP contribution in [0.25, 0.3) is 0 Å². The number of hydrogen-bond acceptors (Lipinski definition) is 4. The standard InChI is InChI=1S/C8H6FN5O/c9-5-2-1-3-6(4-5)10-8(15)7-11-13-14-12-7/h1-4H,(H,10,15)(H,11,12,13,14). The number of anilines is 1. The molecule has 1 heterocycles. The fourth-order valence-electron chi connectivity index (χ4n) is 1.01. The number of aromatic nitrogens is 4. The number of halogens is 1. The van der Waals surface area contributed by atoms with Gasteiger partial charge in [-0.25, -0.2) is 4.39 Å². The van der Waals surface area contributed by atoms with Gasteiger partial charge in [0.25, 0.3) is 11.7 Å². The predicted octanol–water partition coefficient (Wildman–Crippen LogP) is 0.591. The summed E-state index contributed by atoms with van der Waals surface area (Å²) < 4.78 is 12.8. The predicted molar refractivity (Wildman–Crippen MR) is 48.5 cm³/mol. The number of benzene rings is 1. The van der Waals surface area contributed by atoms with Crippen LogP contribution in [0.2, 0.25) is 0 Å². The van der Waals surface area contributed by atoms with Crippen LogP contribution in [0.4, 0.5) is 10.1 Å². The molecule has 0 aliphatic heterocycles. The van der Waals surface area contributed by atoms with Gasteiger partial charge in [-0.1, -0.05) is 6.07 Å². The third kappa shape index (κ3) is 2.13. The zero-order valence-electron chi connectivity index (χ0n) is 7.44. The first-order valence-corrected chi connectivity index (χ1v) is 4.06. The van der Waals surface area contributed by atoms with E-state index >= 15 is 0 Å². The molecule has 0 unspecified atom stereocenters. The van der Waals surface area contributed by atoms with E-state index < -0.39 is 11.7 Å². The monoisotopic (exact) mass is 207 g/mol. The Balaban J connectivity index is 2.13. The van der Waals surface area contributed by atoms with Crippen LogP contribution in [-0.4, -0.2) is 26.5 Å². The first kappa shape index (κ1) is 9.25. The third-order valence-electron chi connectivity index (χ3n) is 1.63. The second kappa shape index (κ2) is 3.82. The number of amides is 1. The fraction of sp³-hybridized carbons (Fsp3) is 0. The molecular formula is C8H6FN5O. The summed E-state index contributed by atoms with van der Waals surface area (Å²) in [6.07, 6.45) is 0. The van der Waals surface area contributed by atoms with Gasteiger partial charge >= 0.3 is 0 Å². The van der Waals surface area contributed by atoms with Crippen molar-refractivity contribution in [3.05, 3.63) is 35.9 Å². The van der Waals surface area contributed by atoms with Crippen molar-refractivity contribution in [3.63, 3.8) is 0 Å². The Morgan fingerprint density at radius 2 is 2.33 bits per heavy atom. The lowest BCUT2D eigenvalue weighted by Crippen LogP contribution is -2.13. The number of aromatic amines is 1. The minimum absolute atomic E-state index is 0.0979. The second-order valence-electron chi connectivity index (χ2n) is 2.70. The van der Waals surface area contributed by atoms with Gasteiger partial charge in [-0.15, -0.1) is 10.2 Å². The summed E-state index contributed by atoms with van der Waals surface area (Å²) in [7, 11) is 0. The van der Waals surface area contributed by atoms with Crippen LogP contribution in [0, 0.1) is 5.82 Å². The van der Waals surface area contributed by atoms with Gasteiger partial charge in [0.1, 0.15) is 5.82 Å². The Morgan fingerprint density at radius 1 is 1.47 bits per heavy atom. The van der Waals surface area contributed by atoms with Crippen molar-refractivity contribution >= 4 is 11.6 Å². The molecule has 6 nitrogen and oxygen atoms in total. The van der Waals surface area contributed by atoms with E-state index in [0.29, 0.717) is 5.69 Å². The number of tetrazole rings is 1. The molecule has 0 aliphatic rings. The molecule has 0 aliphatic carbocycles. The zero-order valence-corrected chi connectivity index (χ0v) is 7.44. The Bertz CT molecular complexity index is 470. The van der Waals surface area contributed by atoms with Crippen LogP contribution in [0.15, 0.2) is 24.3 Å². The first-order valence-electron chi connectivity index (χ1n) is 4.06. The molecule has 2 N–H and O–H groups in total. The fourth-order valence-corrected chi connectivity index (χ4v) is 1.01. The van der Waals surface area contributed by atoms with E-state index in [2.05, 4.69) is 25.9 Å². The van der Waals surface area contributed by atoms with Gasteiger partial charge in [-0.3, -0.25) is 4.79 Å². The van der Waals surface area contributed by atoms with Crippen molar-refractivity contribution in [1.82, 2.24) is 20.6 Å². The summed E-state index contributed by atoms with van der Waals surface area (Å²) in [6, 6.07) is 5.52. The van der Waals surface area contributed by atoms with Crippen molar-refractivity contribution in [2.75, 3.05) is 5.32 Å². The molecule has 2 aromatic rings. The van der Waals surface area contributed by atoms with Crippen molar-refractivity contribution < 1.29 is 9.18 Å². The minimum atomic E-state index is -0.547. The van der Waals surface area contributed by atoms with Gasteiger partial charge in [0.2, 0.25) is 0 Å². The molecule has 0 atom stereocenters. The van der Waals surface area contributed by atoms with E-state index in [1.807, 2.05) is 0 Å². The Morgan fingerprint density at radius 3 is 3.00 bits per heavy atom. The maximum Gasteiger partial charge on any atom is 0.297 e. The van der Waals surface area contributed by atoms with Crippen molar-refractivity contribution in [1.29, 1.82) is 0 Å². The Kier molecular flexibility index (Phi) is 2.36. The van der Waals surface area contributed by atoms with E-state index in [9.17, 15) is 9.18 Å². The van der Waals surface area contributed by atoms with Crippen LogP contribution in [-0.2, 0) is 0 Å². The van der Waals surface area contributed by atoms with Gasteiger partial charge in [-0.2, -0.15) is 5.21 Å². The molecular weight excluding hydrogens is 201 g/mol. The summed E-state index contributed by atoms with van der Waals surface area (Å²) >= 11 is 0. The van der Waals surface area contributed by atoms with Gasteiger partial charge in [0.05, 0.1) is 0 Å².